The highest BCUT2D eigenvalue weighted by Crippen LogP contribution is 2.19. The maximum Gasteiger partial charge on any atom is 0.306 e. The summed E-state index contributed by atoms with van der Waals surface area (Å²) in [5.74, 6) is -0.852. The first-order chi connectivity index (χ1) is 36.5. The van der Waals surface area contributed by atoms with E-state index in [1.54, 1.807) is 0 Å². The normalized spacial score (nSPS) is 12.0. The van der Waals surface area contributed by atoms with E-state index in [-0.39, 0.29) is 31.1 Å². The van der Waals surface area contributed by atoms with Crippen LogP contribution in [0.5, 0.6) is 0 Å². The molecule has 1 atom stereocenters. The predicted molar refractivity (Wildman–Crippen MR) is 321 cm³/mol. The Morgan fingerprint density at radius 1 is 0.257 bits per heavy atom. The molecule has 0 radical (unpaired) electrons. The Bertz CT molecular complexity index is 1150. The average Bonchev–Trinajstić information content (AvgIpc) is 3.40. The summed E-state index contributed by atoms with van der Waals surface area (Å²) in [5, 5.41) is 0. The Labute approximate surface area is 462 Å². The van der Waals surface area contributed by atoms with Crippen LogP contribution >= 0.6 is 0 Å². The van der Waals surface area contributed by atoms with Crippen molar-refractivity contribution in [1.82, 2.24) is 0 Å². The van der Waals surface area contributed by atoms with Gasteiger partial charge in [-0.05, 0) is 44.9 Å². The minimum atomic E-state index is -0.769. The summed E-state index contributed by atoms with van der Waals surface area (Å²) in [5.41, 5.74) is 0. The molecule has 0 heterocycles. The van der Waals surface area contributed by atoms with Crippen molar-refractivity contribution in [3.8, 4) is 0 Å². The van der Waals surface area contributed by atoms with Crippen molar-refractivity contribution in [2.45, 2.75) is 393 Å². The van der Waals surface area contributed by atoms with Crippen molar-refractivity contribution in [2.24, 2.45) is 0 Å². The Balaban J connectivity index is 3.96. The van der Waals surface area contributed by atoms with Crippen LogP contribution in [0.1, 0.15) is 387 Å². The Hall–Kier alpha value is -1.85. The van der Waals surface area contributed by atoms with Crippen LogP contribution in [0.2, 0.25) is 0 Å². The van der Waals surface area contributed by atoms with Gasteiger partial charge >= 0.3 is 17.9 Å². The molecule has 1 unspecified atom stereocenters. The number of rotatable bonds is 63. The molecule has 0 aliphatic heterocycles. The van der Waals surface area contributed by atoms with E-state index in [1.165, 1.54) is 283 Å². The number of allylic oxidation sites excluding steroid dienone is 2. The number of carbonyl (C=O) groups is 3. The molecule has 74 heavy (non-hydrogen) atoms. The largest absolute Gasteiger partial charge is 0.462 e. The average molecular weight is 1040 g/mol. The number of esters is 3. The van der Waals surface area contributed by atoms with Crippen LogP contribution in [-0.2, 0) is 28.6 Å². The number of ether oxygens (including phenoxy) is 3. The van der Waals surface area contributed by atoms with E-state index in [1.807, 2.05) is 0 Å². The molecule has 6 nitrogen and oxygen atoms in total. The highest BCUT2D eigenvalue weighted by molar-refractivity contribution is 5.71. The summed E-state index contributed by atoms with van der Waals surface area (Å²) in [4.78, 5) is 38.1. The Kier molecular flexibility index (Phi) is 62.1. The second kappa shape index (κ2) is 63.7. The van der Waals surface area contributed by atoms with Gasteiger partial charge < -0.3 is 14.2 Å². The predicted octanol–water partition coefficient (Wildman–Crippen LogP) is 22.8. The van der Waals surface area contributed by atoms with Crippen LogP contribution in [0.25, 0.3) is 0 Å². The smallest absolute Gasteiger partial charge is 0.306 e. The van der Waals surface area contributed by atoms with Crippen molar-refractivity contribution in [3.63, 3.8) is 0 Å². The lowest BCUT2D eigenvalue weighted by atomic mass is 10.0. The highest BCUT2D eigenvalue weighted by atomic mass is 16.6. The summed E-state index contributed by atoms with van der Waals surface area (Å²) < 4.78 is 16.9. The van der Waals surface area contributed by atoms with E-state index in [9.17, 15) is 14.4 Å². The zero-order valence-corrected chi connectivity index (χ0v) is 50.4. The van der Waals surface area contributed by atoms with Gasteiger partial charge in [-0.25, -0.2) is 0 Å². The minimum absolute atomic E-state index is 0.0675. The van der Waals surface area contributed by atoms with Crippen molar-refractivity contribution in [1.29, 1.82) is 0 Å². The van der Waals surface area contributed by atoms with Crippen LogP contribution < -0.4 is 0 Å². The fourth-order valence-corrected chi connectivity index (χ4v) is 10.4. The SMILES string of the molecule is CCCCC/C=C\CCCCCCCC(=O)OC(COC(=O)CCCCCCCCCCCCC)COC(=O)CCCCCCCCCCCCCCCCCCCCCCCCCCCCCCCCCCC. The second-order valence-electron chi connectivity index (χ2n) is 23.1. The lowest BCUT2D eigenvalue weighted by Gasteiger charge is -2.18. The van der Waals surface area contributed by atoms with Gasteiger partial charge in [-0.3, -0.25) is 14.4 Å². The first-order valence-electron chi connectivity index (χ1n) is 33.7. The van der Waals surface area contributed by atoms with E-state index in [4.69, 9.17) is 14.2 Å². The minimum Gasteiger partial charge on any atom is -0.462 e. The number of carbonyl (C=O) groups excluding carboxylic acids is 3. The second-order valence-corrected chi connectivity index (χ2v) is 23.1. The molecule has 0 aliphatic rings. The molecule has 0 spiro atoms. The molecule has 0 bridgehead atoms. The lowest BCUT2D eigenvalue weighted by molar-refractivity contribution is -0.167. The van der Waals surface area contributed by atoms with Gasteiger partial charge in [-0.2, -0.15) is 0 Å². The first-order valence-corrected chi connectivity index (χ1v) is 33.7. The standard InChI is InChI=1S/C68H130O6/c1-4-7-10-13-16-19-22-24-25-26-27-28-29-30-31-32-33-34-35-36-37-38-39-40-41-42-43-44-47-49-52-55-58-61-67(70)73-64-65(63-72-66(69)60-57-54-51-48-45-21-18-15-12-9-6-3)74-68(71)62-59-56-53-50-46-23-20-17-14-11-8-5-2/h17,20,65H,4-16,18-19,21-64H2,1-3H3/b20-17-. The van der Waals surface area contributed by atoms with Gasteiger partial charge in [0.15, 0.2) is 6.10 Å². The third-order valence-corrected chi connectivity index (χ3v) is 15.5. The van der Waals surface area contributed by atoms with E-state index < -0.39 is 6.10 Å². The monoisotopic (exact) mass is 1040 g/mol. The topological polar surface area (TPSA) is 78.9 Å². The van der Waals surface area contributed by atoms with Crippen LogP contribution in [0, 0.1) is 0 Å². The van der Waals surface area contributed by atoms with Gasteiger partial charge in [0, 0.05) is 19.3 Å². The number of unbranched alkanes of at least 4 members (excludes halogenated alkanes) is 50. The Morgan fingerprint density at radius 3 is 0.703 bits per heavy atom. The number of hydrogen-bond donors (Lipinski definition) is 0. The first kappa shape index (κ1) is 72.2. The van der Waals surface area contributed by atoms with Crippen LogP contribution in [0.4, 0.5) is 0 Å². The van der Waals surface area contributed by atoms with Crippen molar-refractivity contribution in [2.75, 3.05) is 13.2 Å². The molecule has 0 saturated carbocycles. The highest BCUT2D eigenvalue weighted by Gasteiger charge is 2.19. The van der Waals surface area contributed by atoms with Gasteiger partial charge in [0.1, 0.15) is 13.2 Å². The molecule has 0 aliphatic carbocycles. The molecule has 0 saturated heterocycles. The van der Waals surface area contributed by atoms with Gasteiger partial charge in [0.25, 0.3) is 0 Å². The summed E-state index contributed by atoms with van der Waals surface area (Å²) in [7, 11) is 0. The molecule has 0 N–H and O–H groups in total. The summed E-state index contributed by atoms with van der Waals surface area (Å²) >= 11 is 0. The van der Waals surface area contributed by atoms with Crippen LogP contribution in [0.15, 0.2) is 12.2 Å². The fourth-order valence-electron chi connectivity index (χ4n) is 10.4. The van der Waals surface area contributed by atoms with E-state index in [2.05, 4.69) is 32.9 Å². The number of hydrogen-bond acceptors (Lipinski definition) is 6. The van der Waals surface area contributed by atoms with E-state index in [0.717, 1.165) is 64.2 Å². The molecule has 0 aromatic rings. The molecule has 0 aromatic carbocycles. The van der Waals surface area contributed by atoms with Crippen molar-refractivity contribution >= 4 is 17.9 Å². The third kappa shape index (κ3) is 61.0. The summed E-state index contributed by atoms with van der Waals surface area (Å²) in [6, 6.07) is 0. The van der Waals surface area contributed by atoms with Crippen LogP contribution in [0.3, 0.4) is 0 Å². The molecule has 0 aromatic heterocycles. The molecular formula is C68H130O6. The van der Waals surface area contributed by atoms with Gasteiger partial charge in [0.05, 0.1) is 0 Å². The quantitative estimate of drug-likeness (QED) is 0.0261. The Morgan fingerprint density at radius 2 is 0.446 bits per heavy atom. The molecule has 0 fully saturated rings. The van der Waals surface area contributed by atoms with Gasteiger partial charge in [-0.15, -0.1) is 0 Å². The summed E-state index contributed by atoms with van der Waals surface area (Å²) in [6.45, 7) is 6.67. The molecule has 0 amide bonds. The van der Waals surface area contributed by atoms with Crippen molar-refractivity contribution in [3.05, 3.63) is 12.2 Å². The van der Waals surface area contributed by atoms with Crippen LogP contribution in [-0.4, -0.2) is 37.2 Å². The summed E-state index contributed by atoms with van der Waals surface area (Å²) in [6.07, 6.45) is 75.5. The lowest BCUT2D eigenvalue weighted by Crippen LogP contribution is -2.30. The van der Waals surface area contributed by atoms with Crippen molar-refractivity contribution < 1.29 is 28.6 Å². The fraction of sp³-hybridized carbons (Fsp3) is 0.926. The third-order valence-electron chi connectivity index (χ3n) is 15.5. The molecule has 6 heteroatoms. The van der Waals surface area contributed by atoms with Gasteiger partial charge in [0.2, 0.25) is 0 Å². The molecular weight excluding hydrogens is 913 g/mol. The maximum atomic E-state index is 12.8. The molecule has 438 valence electrons. The van der Waals surface area contributed by atoms with Gasteiger partial charge in [-0.1, -0.05) is 335 Å². The molecule has 0 rings (SSSR count). The van der Waals surface area contributed by atoms with E-state index in [0.29, 0.717) is 19.3 Å². The zero-order chi connectivity index (χ0) is 53.6. The van der Waals surface area contributed by atoms with E-state index >= 15 is 0 Å². The maximum absolute atomic E-state index is 12.8. The zero-order valence-electron chi connectivity index (χ0n) is 50.4.